The molecule has 1 fully saturated rings. The summed E-state index contributed by atoms with van der Waals surface area (Å²) in [5.41, 5.74) is 0.699. The topological polar surface area (TPSA) is 31.4 Å². The van der Waals surface area contributed by atoms with Gasteiger partial charge in [0.1, 0.15) is 0 Å². The Morgan fingerprint density at radius 1 is 1.29 bits per heavy atom. The molecular formula is C16H27FN4. The molecule has 2 heterocycles. The Labute approximate surface area is 127 Å². The van der Waals surface area contributed by atoms with Crippen molar-refractivity contribution in [1.29, 1.82) is 0 Å². The van der Waals surface area contributed by atoms with Crippen LogP contribution in [0.4, 0.5) is 10.2 Å². The number of piperazine rings is 1. The van der Waals surface area contributed by atoms with Crippen molar-refractivity contribution in [3.05, 3.63) is 23.6 Å². The maximum absolute atomic E-state index is 14.6. The fourth-order valence-corrected chi connectivity index (χ4v) is 2.64. The van der Waals surface area contributed by atoms with Crippen LogP contribution in [0.3, 0.4) is 0 Å². The Balaban J connectivity index is 2.02. The molecule has 0 aromatic carbocycles. The maximum Gasteiger partial charge on any atom is 0.170 e. The highest BCUT2D eigenvalue weighted by Gasteiger charge is 2.21. The number of aromatic nitrogens is 1. The number of anilines is 1. The van der Waals surface area contributed by atoms with Crippen molar-refractivity contribution < 1.29 is 4.39 Å². The molecule has 118 valence electrons. The molecule has 4 nitrogen and oxygen atoms in total. The van der Waals surface area contributed by atoms with Crippen LogP contribution in [0.25, 0.3) is 0 Å². The van der Waals surface area contributed by atoms with E-state index in [1.54, 1.807) is 12.3 Å². The highest BCUT2D eigenvalue weighted by atomic mass is 19.1. The van der Waals surface area contributed by atoms with Crippen LogP contribution < -0.4 is 10.2 Å². The lowest BCUT2D eigenvalue weighted by atomic mass is 10.2. The van der Waals surface area contributed by atoms with Crippen LogP contribution in [-0.4, -0.2) is 48.6 Å². The van der Waals surface area contributed by atoms with Gasteiger partial charge in [-0.25, -0.2) is 9.37 Å². The average Bonchev–Trinajstić information content (AvgIpc) is 2.47. The number of nitrogens with zero attached hydrogens (tertiary/aromatic N) is 3. The van der Waals surface area contributed by atoms with Crippen LogP contribution >= 0.6 is 0 Å². The van der Waals surface area contributed by atoms with Gasteiger partial charge in [0.05, 0.1) is 0 Å². The summed E-state index contributed by atoms with van der Waals surface area (Å²) < 4.78 is 14.6. The van der Waals surface area contributed by atoms with Gasteiger partial charge in [0, 0.05) is 50.5 Å². The summed E-state index contributed by atoms with van der Waals surface area (Å²) in [6.07, 6.45) is 2.89. The summed E-state index contributed by atoms with van der Waals surface area (Å²) in [6.45, 7) is 11.7. The summed E-state index contributed by atoms with van der Waals surface area (Å²) in [4.78, 5) is 8.76. The maximum atomic E-state index is 14.6. The van der Waals surface area contributed by atoms with E-state index in [2.05, 4.69) is 40.9 Å². The quantitative estimate of drug-likeness (QED) is 0.872. The highest BCUT2D eigenvalue weighted by Crippen LogP contribution is 2.21. The van der Waals surface area contributed by atoms with E-state index in [-0.39, 0.29) is 5.82 Å². The fraction of sp³-hybridized carbons (Fsp3) is 0.688. The minimum absolute atomic E-state index is 0.172. The van der Waals surface area contributed by atoms with Crippen LogP contribution in [0.5, 0.6) is 0 Å². The van der Waals surface area contributed by atoms with Gasteiger partial charge in [-0.3, -0.25) is 4.90 Å². The van der Waals surface area contributed by atoms with Crippen LogP contribution in [0.1, 0.15) is 32.8 Å². The molecule has 1 aliphatic heterocycles. The van der Waals surface area contributed by atoms with Crippen LogP contribution in [-0.2, 0) is 6.54 Å². The number of halogens is 1. The Morgan fingerprint density at radius 3 is 2.62 bits per heavy atom. The van der Waals surface area contributed by atoms with E-state index in [0.717, 1.165) is 32.7 Å². The molecule has 0 aliphatic carbocycles. The second kappa shape index (κ2) is 7.71. The summed E-state index contributed by atoms with van der Waals surface area (Å²) in [5, 5.41) is 3.26. The van der Waals surface area contributed by atoms with E-state index >= 15 is 0 Å². The van der Waals surface area contributed by atoms with E-state index in [4.69, 9.17) is 0 Å². The third-order valence-electron chi connectivity index (χ3n) is 3.86. The van der Waals surface area contributed by atoms with E-state index in [9.17, 15) is 4.39 Å². The van der Waals surface area contributed by atoms with Gasteiger partial charge in [-0.1, -0.05) is 20.8 Å². The summed E-state index contributed by atoms with van der Waals surface area (Å²) >= 11 is 0. The molecule has 1 aromatic rings. The molecule has 1 aliphatic rings. The first kappa shape index (κ1) is 16.2. The van der Waals surface area contributed by atoms with E-state index in [1.165, 1.54) is 6.42 Å². The second-order valence-electron chi connectivity index (χ2n) is 5.97. The molecule has 21 heavy (non-hydrogen) atoms. The third-order valence-corrected chi connectivity index (χ3v) is 3.86. The number of nitrogens with one attached hydrogen (secondary N) is 1. The van der Waals surface area contributed by atoms with Gasteiger partial charge in [-0.05, 0) is 19.0 Å². The van der Waals surface area contributed by atoms with Gasteiger partial charge in [-0.15, -0.1) is 0 Å². The molecule has 0 unspecified atom stereocenters. The van der Waals surface area contributed by atoms with E-state index < -0.39 is 0 Å². The summed E-state index contributed by atoms with van der Waals surface area (Å²) in [7, 11) is 0. The molecule has 0 amide bonds. The molecule has 0 atom stereocenters. The zero-order valence-corrected chi connectivity index (χ0v) is 13.4. The zero-order chi connectivity index (χ0) is 15.2. The number of pyridine rings is 1. The fourth-order valence-electron chi connectivity index (χ4n) is 2.64. The molecule has 0 saturated carbocycles. The van der Waals surface area contributed by atoms with Gasteiger partial charge in [0.25, 0.3) is 0 Å². The normalized spacial score (nSPS) is 16.7. The van der Waals surface area contributed by atoms with Crippen molar-refractivity contribution in [2.24, 2.45) is 0 Å². The number of hydrogen-bond acceptors (Lipinski definition) is 4. The molecule has 0 spiro atoms. The Morgan fingerprint density at radius 2 is 2.00 bits per heavy atom. The van der Waals surface area contributed by atoms with Crippen LogP contribution in [0.2, 0.25) is 0 Å². The standard InChI is InChI=1S/C16H27FN4/c1-4-7-20-8-10-21(11-9-20)16-15(17)14(5-6-18-16)12-19-13(2)3/h5-6,13,19H,4,7-12H2,1-3H3. The van der Waals surface area contributed by atoms with Crippen molar-refractivity contribution in [3.8, 4) is 0 Å². The number of rotatable bonds is 6. The Bertz CT molecular complexity index is 442. The zero-order valence-electron chi connectivity index (χ0n) is 13.4. The molecule has 2 rings (SSSR count). The minimum Gasteiger partial charge on any atom is -0.352 e. The van der Waals surface area contributed by atoms with Crippen molar-refractivity contribution in [2.75, 3.05) is 37.6 Å². The van der Waals surface area contributed by atoms with Crippen molar-refractivity contribution in [3.63, 3.8) is 0 Å². The first-order chi connectivity index (χ1) is 10.1. The third kappa shape index (κ3) is 4.38. The Kier molecular flexibility index (Phi) is 5.94. The summed E-state index contributed by atoms with van der Waals surface area (Å²) in [5.74, 6) is 0.337. The molecule has 0 radical (unpaired) electrons. The average molecular weight is 294 g/mol. The van der Waals surface area contributed by atoms with Gasteiger partial charge < -0.3 is 10.2 Å². The minimum atomic E-state index is -0.172. The second-order valence-corrected chi connectivity index (χ2v) is 5.97. The lowest BCUT2D eigenvalue weighted by molar-refractivity contribution is 0.257. The van der Waals surface area contributed by atoms with Gasteiger partial charge in [-0.2, -0.15) is 0 Å². The molecule has 5 heteroatoms. The summed E-state index contributed by atoms with van der Waals surface area (Å²) in [6, 6.07) is 2.11. The van der Waals surface area contributed by atoms with Gasteiger partial charge >= 0.3 is 0 Å². The van der Waals surface area contributed by atoms with Crippen molar-refractivity contribution in [1.82, 2.24) is 15.2 Å². The molecule has 1 saturated heterocycles. The van der Waals surface area contributed by atoms with Crippen molar-refractivity contribution >= 4 is 5.82 Å². The van der Waals surface area contributed by atoms with Gasteiger partial charge in [0.15, 0.2) is 11.6 Å². The highest BCUT2D eigenvalue weighted by molar-refractivity contribution is 5.43. The predicted molar refractivity (Wildman–Crippen MR) is 85.1 cm³/mol. The first-order valence-electron chi connectivity index (χ1n) is 7.96. The smallest absolute Gasteiger partial charge is 0.170 e. The molecule has 1 N–H and O–H groups in total. The van der Waals surface area contributed by atoms with Gasteiger partial charge in [0.2, 0.25) is 0 Å². The molecule has 0 bridgehead atoms. The van der Waals surface area contributed by atoms with E-state index in [0.29, 0.717) is 24.0 Å². The largest absolute Gasteiger partial charge is 0.352 e. The van der Waals surface area contributed by atoms with E-state index in [1.807, 2.05) is 0 Å². The lowest BCUT2D eigenvalue weighted by Gasteiger charge is -2.35. The number of hydrogen-bond donors (Lipinski definition) is 1. The predicted octanol–water partition coefficient (Wildman–Crippen LogP) is 2.25. The monoisotopic (exact) mass is 294 g/mol. The van der Waals surface area contributed by atoms with Crippen LogP contribution in [0, 0.1) is 5.82 Å². The molecule has 1 aromatic heterocycles. The van der Waals surface area contributed by atoms with Crippen LogP contribution in [0.15, 0.2) is 12.3 Å². The lowest BCUT2D eigenvalue weighted by Crippen LogP contribution is -2.47. The van der Waals surface area contributed by atoms with Crippen molar-refractivity contribution in [2.45, 2.75) is 39.8 Å². The Hall–Kier alpha value is -1.20. The molecular weight excluding hydrogens is 267 g/mol. The SMILES string of the molecule is CCCN1CCN(c2nccc(CNC(C)C)c2F)CC1. The first-order valence-corrected chi connectivity index (χ1v) is 7.96.